The highest BCUT2D eigenvalue weighted by Gasteiger charge is 2.16. The Bertz CT molecular complexity index is 393. The van der Waals surface area contributed by atoms with E-state index in [2.05, 4.69) is 25.6 Å². The second-order valence-electron chi connectivity index (χ2n) is 4.59. The van der Waals surface area contributed by atoms with Crippen molar-refractivity contribution < 1.29 is 4.39 Å². The standard InChI is InChI=1S/C11H19FN6/c1-8(7-18-4-2-3-5-18)15-10-9(12)6-14-11(16-10)17-13/h6,8H,2-5,7,13H2,1H3,(H2,14,15,16,17). The van der Waals surface area contributed by atoms with Gasteiger partial charge >= 0.3 is 0 Å². The van der Waals surface area contributed by atoms with Crippen LogP contribution in [0.25, 0.3) is 0 Å². The molecule has 0 aliphatic carbocycles. The molecule has 18 heavy (non-hydrogen) atoms. The number of nitrogens with one attached hydrogen (secondary N) is 2. The van der Waals surface area contributed by atoms with Gasteiger partial charge in [-0.25, -0.2) is 15.2 Å². The molecule has 100 valence electrons. The summed E-state index contributed by atoms with van der Waals surface area (Å²) in [6, 6.07) is 0.123. The molecule has 7 heteroatoms. The summed E-state index contributed by atoms with van der Waals surface area (Å²) in [6.07, 6.45) is 3.60. The number of nitrogen functional groups attached to an aromatic ring is 1. The minimum atomic E-state index is -0.470. The second kappa shape index (κ2) is 5.92. The number of hydrazine groups is 1. The second-order valence-corrected chi connectivity index (χ2v) is 4.59. The van der Waals surface area contributed by atoms with Crippen LogP contribution in [0.4, 0.5) is 16.2 Å². The van der Waals surface area contributed by atoms with Gasteiger partial charge in [-0.2, -0.15) is 4.98 Å². The number of hydrogen-bond donors (Lipinski definition) is 3. The average Bonchev–Trinajstić information content (AvgIpc) is 2.84. The van der Waals surface area contributed by atoms with E-state index in [0.717, 1.165) is 25.8 Å². The fourth-order valence-electron chi connectivity index (χ4n) is 2.17. The van der Waals surface area contributed by atoms with E-state index in [-0.39, 0.29) is 17.8 Å². The molecular weight excluding hydrogens is 235 g/mol. The number of likely N-dealkylation sites (tertiary alicyclic amines) is 1. The number of hydrogen-bond acceptors (Lipinski definition) is 6. The number of nitrogens with zero attached hydrogens (tertiary/aromatic N) is 3. The molecule has 0 amide bonds. The lowest BCUT2D eigenvalue weighted by molar-refractivity contribution is 0.327. The smallest absolute Gasteiger partial charge is 0.239 e. The van der Waals surface area contributed by atoms with E-state index in [1.807, 2.05) is 6.92 Å². The van der Waals surface area contributed by atoms with Crippen molar-refractivity contribution in [2.75, 3.05) is 30.4 Å². The molecule has 1 fully saturated rings. The third kappa shape index (κ3) is 3.27. The fourth-order valence-corrected chi connectivity index (χ4v) is 2.17. The first-order chi connectivity index (χ1) is 8.69. The minimum Gasteiger partial charge on any atom is -0.364 e. The van der Waals surface area contributed by atoms with Gasteiger partial charge in [-0.1, -0.05) is 0 Å². The maximum absolute atomic E-state index is 13.5. The molecule has 1 aliphatic rings. The third-order valence-corrected chi connectivity index (χ3v) is 2.99. The van der Waals surface area contributed by atoms with Crippen molar-refractivity contribution in [1.29, 1.82) is 0 Å². The highest BCUT2D eigenvalue weighted by molar-refractivity contribution is 5.41. The maximum Gasteiger partial charge on any atom is 0.239 e. The minimum absolute atomic E-state index is 0.123. The van der Waals surface area contributed by atoms with Crippen LogP contribution < -0.4 is 16.6 Å². The summed E-state index contributed by atoms with van der Waals surface area (Å²) in [6.45, 7) is 5.13. The van der Waals surface area contributed by atoms with E-state index < -0.39 is 5.82 Å². The van der Waals surface area contributed by atoms with Crippen molar-refractivity contribution in [3.8, 4) is 0 Å². The summed E-state index contributed by atoms with van der Waals surface area (Å²) in [5.41, 5.74) is 2.30. The Labute approximate surface area is 106 Å². The Hall–Kier alpha value is -1.47. The normalized spacial score (nSPS) is 17.7. The lowest BCUT2D eigenvalue weighted by Gasteiger charge is -2.21. The summed E-state index contributed by atoms with van der Waals surface area (Å²) in [5, 5.41) is 3.05. The fraction of sp³-hybridized carbons (Fsp3) is 0.636. The van der Waals surface area contributed by atoms with Gasteiger partial charge in [0.1, 0.15) is 0 Å². The van der Waals surface area contributed by atoms with Crippen LogP contribution in [-0.2, 0) is 0 Å². The molecule has 4 N–H and O–H groups in total. The zero-order valence-electron chi connectivity index (χ0n) is 10.5. The highest BCUT2D eigenvalue weighted by Crippen LogP contribution is 2.14. The molecule has 1 aromatic rings. The van der Waals surface area contributed by atoms with E-state index >= 15 is 0 Å². The maximum atomic E-state index is 13.5. The monoisotopic (exact) mass is 254 g/mol. The van der Waals surface area contributed by atoms with Crippen LogP contribution >= 0.6 is 0 Å². The number of anilines is 2. The first-order valence-corrected chi connectivity index (χ1v) is 6.17. The van der Waals surface area contributed by atoms with Crippen LogP contribution in [0.15, 0.2) is 6.20 Å². The molecule has 0 radical (unpaired) electrons. The quantitative estimate of drug-likeness (QED) is 0.533. The number of halogens is 1. The Balaban J connectivity index is 1.94. The van der Waals surface area contributed by atoms with Gasteiger partial charge in [0.25, 0.3) is 0 Å². The van der Waals surface area contributed by atoms with Gasteiger partial charge in [0.2, 0.25) is 5.95 Å². The lowest BCUT2D eigenvalue weighted by atomic mass is 10.3. The summed E-state index contributed by atoms with van der Waals surface area (Å²) in [7, 11) is 0. The van der Waals surface area contributed by atoms with E-state index in [4.69, 9.17) is 5.84 Å². The molecule has 2 heterocycles. The molecule has 2 rings (SSSR count). The molecule has 0 saturated carbocycles. The largest absolute Gasteiger partial charge is 0.364 e. The van der Waals surface area contributed by atoms with Gasteiger partial charge in [0.05, 0.1) is 6.20 Å². The van der Waals surface area contributed by atoms with Crippen LogP contribution in [0, 0.1) is 5.82 Å². The van der Waals surface area contributed by atoms with Gasteiger partial charge in [0.15, 0.2) is 11.6 Å². The summed E-state index contributed by atoms with van der Waals surface area (Å²) >= 11 is 0. The van der Waals surface area contributed by atoms with Crippen LogP contribution in [0.2, 0.25) is 0 Å². The van der Waals surface area contributed by atoms with Crippen molar-refractivity contribution in [3.63, 3.8) is 0 Å². The average molecular weight is 254 g/mol. The zero-order valence-corrected chi connectivity index (χ0v) is 10.5. The van der Waals surface area contributed by atoms with Gasteiger partial charge in [-0.05, 0) is 32.9 Å². The van der Waals surface area contributed by atoms with Gasteiger partial charge in [-0.15, -0.1) is 0 Å². The third-order valence-electron chi connectivity index (χ3n) is 2.99. The summed E-state index contributed by atoms with van der Waals surface area (Å²) in [5.74, 6) is 5.11. The zero-order chi connectivity index (χ0) is 13.0. The topological polar surface area (TPSA) is 79.1 Å². The molecule has 0 bridgehead atoms. The van der Waals surface area contributed by atoms with E-state index in [1.165, 1.54) is 12.8 Å². The van der Waals surface area contributed by atoms with Crippen molar-refractivity contribution in [1.82, 2.24) is 14.9 Å². The van der Waals surface area contributed by atoms with Crippen molar-refractivity contribution in [2.45, 2.75) is 25.8 Å². The highest BCUT2D eigenvalue weighted by atomic mass is 19.1. The van der Waals surface area contributed by atoms with E-state index in [1.54, 1.807) is 0 Å². The molecule has 0 spiro atoms. The van der Waals surface area contributed by atoms with Crippen molar-refractivity contribution in [2.24, 2.45) is 5.84 Å². The van der Waals surface area contributed by atoms with Gasteiger partial charge in [-0.3, -0.25) is 5.43 Å². The van der Waals surface area contributed by atoms with Crippen molar-refractivity contribution >= 4 is 11.8 Å². The summed E-state index contributed by atoms with van der Waals surface area (Å²) in [4.78, 5) is 10.0. The predicted octanol–water partition coefficient (Wildman–Crippen LogP) is 0.797. The van der Waals surface area contributed by atoms with Crippen LogP contribution in [0.3, 0.4) is 0 Å². The van der Waals surface area contributed by atoms with Gasteiger partial charge < -0.3 is 10.2 Å². The predicted molar refractivity (Wildman–Crippen MR) is 68.6 cm³/mol. The molecule has 6 nitrogen and oxygen atoms in total. The Morgan fingerprint density at radius 2 is 2.22 bits per heavy atom. The van der Waals surface area contributed by atoms with Crippen LogP contribution in [0.5, 0.6) is 0 Å². The van der Waals surface area contributed by atoms with Crippen LogP contribution in [-0.4, -0.2) is 40.5 Å². The van der Waals surface area contributed by atoms with Crippen LogP contribution in [0.1, 0.15) is 19.8 Å². The Morgan fingerprint density at radius 1 is 1.50 bits per heavy atom. The van der Waals surface area contributed by atoms with E-state index in [0.29, 0.717) is 0 Å². The lowest BCUT2D eigenvalue weighted by Crippen LogP contribution is -2.33. The summed E-state index contributed by atoms with van der Waals surface area (Å²) < 4.78 is 13.5. The molecular formula is C11H19FN6. The molecule has 1 atom stereocenters. The number of rotatable bonds is 5. The van der Waals surface area contributed by atoms with Gasteiger partial charge in [0, 0.05) is 12.6 Å². The van der Waals surface area contributed by atoms with Crippen molar-refractivity contribution in [3.05, 3.63) is 12.0 Å². The number of aromatic nitrogens is 2. The molecule has 1 aliphatic heterocycles. The van der Waals surface area contributed by atoms with E-state index in [9.17, 15) is 4.39 Å². The Morgan fingerprint density at radius 3 is 2.89 bits per heavy atom. The molecule has 0 aromatic carbocycles. The Kier molecular flexibility index (Phi) is 4.27. The first kappa shape index (κ1) is 13.0. The molecule has 1 saturated heterocycles. The SMILES string of the molecule is CC(CN1CCCC1)Nc1nc(NN)ncc1F. The number of nitrogens with two attached hydrogens (primary N) is 1. The molecule has 1 aromatic heterocycles. The first-order valence-electron chi connectivity index (χ1n) is 6.17. The molecule has 1 unspecified atom stereocenters.